The van der Waals surface area contributed by atoms with E-state index in [4.69, 9.17) is 4.74 Å². The number of carbonyl (C=O) groups is 1. The SMILES string of the molecule is CCC(C)(C)OC(=O)NCCCN=C=O. The van der Waals surface area contributed by atoms with Crippen LogP contribution < -0.4 is 5.32 Å². The highest BCUT2D eigenvalue weighted by molar-refractivity contribution is 5.67. The minimum atomic E-state index is -0.439. The van der Waals surface area contributed by atoms with Gasteiger partial charge in [0, 0.05) is 6.54 Å². The fraction of sp³-hybridized carbons (Fsp3) is 0.800. The molecule has 0 aliphatic carbocycles. The first-order valence-corrected chi connectivity index (χ1v) is 5.02. The fourth-order valence-corrected chi connectivity index (χ4v) is 0.753. The summed E-state index contributed by atoms with van der Waals surface area (Å²) in [4.78, 5) is 24.3. The minimum Gasteiger partial charge on any atom is -0.444 e. The van der Waals surface area contributed by atoms with Crippen LogP contribution in [0.4, 0.5) is 4.79 Å². The van der Waals surface area contributed by atoms with Crippen molar-refractivity contribution in [3.63, 3.8) is 0 Å². The van der Waals surface area contributed by atoms with Gasteiger partial charge >= 0.3 is 6.09 Å². The average Bonchev–Trinajstić information content (AvgIpc) is 2.17. The molecule has 15 heavy (non-hydrogen) atoms. The van der Waals surface area contributed by atoms with E-state index >= 15 is 0 Å². The summed E-state index contributed by atoms with van der Waals surface area (Å²) in [5.74, 6) is 0. The summed E-state index contributed by atoms with van der Waals surface area (Å²) >= 11 is 0. The van der Waals surface area contributed by atoms with E-state index in [0.717, 1.165) is 6.42 Å². The lowest BCUT2D eigenvalue weighted by molar-refractivity contribution is 0.0363. The quantitative estimate of drug-likeness (QED) is 0.415. The average molecular weight is 214 g/mol. The van der Waals surface area contributed by atoms with Crippen molar-refractivity contribution >= 4 is 12.2 Å². The molecule has 0 spiro atoms. The summed E-state index contributed by atoms with van der Waals surface area (Å²) in [5, 5.41) is 2.58. The van der Waals surface area contributed by atoms with Gasteiger partial charge in [-0.3, -0.25) is 0 Å². The van der Waals surface area contributed by atoms with Gasteiger partial charge in [0.25, 0.3) is 0 Å². The van der Waals surface area contributed by atoms with Gasteiger partial charge in [-0.1, -0.05) is 6.92 Å². The molecule has 0 saturated heterocycles. The summed E-state index contributed by atoms with van der Waals surface area (Å²) in [6.45, 7) is 6.48. The van der Waals surface area contributed by atoms with Crippen molar-refractivity contribution in [2.45, 2.75) is 39.2 Å². The summed E-state index contributed by atoms with van der Waals surface area (Å²) in [7, 11) is 0. The standard InChI is InChI=1S/C10H18N2O3/c1-4-10(2,3)15-9(14)12-7-5-6-11-8-13/h4-7H2,1-3H3,(H,12,14). The van der Waals surface area contributed by atoms with Crippen molar-refractivity contribution in [3.8, 4) is 0 Å². The summed E-state index contributed by atoms with van der Waals surface area (Å²) in [6.07, 6.45) is 2.37. The van der Waals surface area contributed by atoms with Crippen LogP contribution in [0.3, 0.4) is 0 Å². The molecular weight excluding hydrogens is 196 g/mol. The number of rotatable bonds is 6. The molecule has 0 saturated carbocycles. The van der Waals surface area contributed by atoms with Crippen LogP contribution in [0.25, 0.3) is 0 Å². The number of alkyl carbamates (subject to hydrolysis) is 1. The van der Waals surface area contributed by atoms with Crippen LogP contribution in [-0.4, -0.2) is 30.9 Å². The number of amides is 1. The number of nitrogens with zero attached hydrogens (tertiary/aromatic N) is 1. The van der Waals surface area contributed by atoms with Crippen LogP contribution in [0.15, 0.2) is 4.99 Å². The van der Waals surface area contributed by atoms with Gasteiger partial charge in [0.2, 0.25) is 6.08 Å². The first kappa shape index (κ1) is 13.7. The Morgan fingerprint density at radius 3 is 2.73 bits per heavy atom. The van der Waals surface area contributed by atoms with E-state index in [1.165, 1.54) is 6.08 Å². The number of nitrogens with one attached hydrogen (secondary N) is 1. The molecular formula is C10H18N2O3. The Balaban J connectivity index is 3.62. The van der Waals surface area contributed by atoms with Gasteiger partial charge in [0.1, 0.15) is 5.60 Å². The second-order valence-corrected chi connectivity index (χ2v) is 3.76. The molecule has 86 valence electrons. The van der Waals surface area contributed by atoms with Crippen LogP contribution in [-0.2, 0) is 9.53 Å². The number of hydrogen-bond acceptors (Lipinski definition) is 4. The van der Waals surface area contributed by atoms with Gasteiger partial charge in [0.15, 0.2) is 0 Å². The molecule has 0 aromatic heterocycles. The van der Waals surface area contributed by atoms with Gasteiger partial charge in [0.05, 0.1) is 6.54 Å². The van der Waals surface area contributed by atoms with E-state index in [2.05, 4.69) is 10.3 Å². The zero-order valence-corrected chi connectivity index (χ0v) is 9.50. The first-order chi connectivity index (χ1) is 7.02. The number of ether oxygens (including phenoxy) is 1. The Labute approximate surface area is 89.9 Å². The van der Waals surface area contributed by atoms with Crippen LogP contribution in [0.2, 0.25) is 0 Å². The lowest BCUT2D eigenvalue weighted by Gasteiger charge is -2.23. The summed E-state index contributed by atoms with van der Waals surface area (Å²) in [6, 6.07) is 0. The molecule has 0 fully saturated rings. The van der Waals surface area contributed by atoms with E-state index < -0.39 is 11.7 Å². The first-order valence-electron chi connectivity index (χ1n) is 5.02. The molecule has 0 aliphatic rings. The Hall–Kier alpha value is -1.35. The topological polar surface area (TPSA) is 67.8 Å². The van der Waals surface area contributed by atoms with Crippen LogP contribution in [0.1, 0.15) is 33.6 Å². The molecule has 0 aromatic carbocycles. The highest BCUT2D eigenvalue weighted by atomic mass is 16.6. The van der Waals surface area contributed by atoms with Crippen molar-refractivity contribution in [2.75, 3.05) is 13.1 Å². The fourth-order valence-electron chi connectivity index (χ4n) is 0.753. The van der Waals surface area contributed by atoms with Crippen LogP contribution in [0, 0.1) is 0 Å². The molecule has 5 heteroatoms. The number of hydrogen-bond donors (Lipinski definition) is 1. The van der Waals surface area contributed by atoms with Crippen molar-refractivity contribution in [1.82, 2.24) is 5.32 Å². The number of isocyanates is 1. The van der Waals surface area contributed by atoms with Crippen molar-refractivity contribution < 1.29 is 14.3 Å². The van der Waals surface area contributed by atoms with Crippen molar-refractivity contribution in [1.29, 1.82) is 0 Å². The minimum absolute atomic E-state index is 0.376. The molecule has 0 unspecified atom stereocenters. The zero-order valence-electron chi connectivity index (χ0n) is 9.50. The lowest BCUT2D eigenvalue weighted by Crippen LogP contribution is -2.34. The van der Waals surface area contributed by atoms with Gasteiger partial charge in [-0.15, -0.1) is 0 Å². The number of aliphatic imine (C=N–C) groups is 1. The molecule has 0 bridgehead atoms. The van der Waals surface area contributed by atoms with Gasteiger partial charge in [-0.25, -0.2) is 14.6 Å². The monoisotopic (exact) mass is 214 g/mol. The maximum Gasteiger partial charge on any atom is 0.407 e. The number of carbonyl (C=O) groups excluding carboxylic acids is 2. The third-order valence-electron chi connectivity index (χ3n) is 2.00. The normalized spacial score (nSPS) is 10.3. The van der Waals surface area contributed by atoms with Crippen LogP contribution >= 0.6 is 0 Å². The Morgan fingerprint density at radius 1 is 1.53 bits per heavy atom. The molecule has 0 aliphatic heterocycles. The Kier molecular flexibility index (Phi) is 6.38. The van der Waals surface area contributed by atoms with E-state index in [1.54, 1.807) is 0 Å². The zero-order chi connectivity index (χ0) is 11.7. The summed E-state index contributed by atoms with van der Waals surface area (Å²) < 4.78 is 5.14. The Bertz CT molecular complexity index is 245. The highest BCUT2D eigenvalue weighted by Crippen LogP contribution is 2.13. The van der Waals surface area contributed by atoms with Gasteiger partial charge < -0.3 is 10.1 Å². The van der Waals surface area contributed by atoms with Crippen molar-refractivity contribution in [2.24, 2.45) is 4.99 Å². The Morgan fingerprint density at radius 2 is 2.20 bits per heavy atom. The van der Waals surface area contributed by atoms with Gasteiger partial charge in [-0.05, 0) is 26.7 Å². The molecule has 1 N–H and O–H groups in total. The molecule has 0 radical (unpaired) electrons. The second-order valence-electron chi connectivity index (χ2n) is 3.76. The molecule has 5 nitrogen and oxygen atoms in total. The lowest BCUT2D eigenvalue weighted by atomic mass is 10.1. The third kappa shape index (κ3) is 7.70. The van der Waals surface area contributed by atoms with E-state index in [9.17, 15) is 9.59 Å². The highest BCUT2D eigenvalue weighted by Gasteiger charge is 2.19. The van der Waals surface area contributed by atoms with Gasteiger partial charge in [-0.2, -0.15) is 0 Å². The van der Waals surface area contributed by atoms with E-state index in [-0.39, 0.29) is 0 Å². The summed E-state index contributed by atoms with van der Waals surface area (Å²) in [5.41, 5.74) is -0.439. The van der Waals surface area contributed by atoms with E-state index in [1.807, 2.05) is 20.8 Å². The third-order valence-corrected chi connectivity index (χ3v) is 2.00. The molecule has 0 rings (SSSR count). The molecule has 0 heterocycles. The van der Waals surface area contributed by atoms with Crippen LogP contribution in [0.5, 0.6) is 0 Å². The molecule has 0 atom stereocenters. The second kappa shape index (κ2) is 7.01. The maximum atomic E-state index is 11.2. The molecule has 0 aromatic rings. The van der Waals surface area contributed by atoms with Crippen molar-refractivity contribution in [3.05, 3.63) is 0 Å². The largest absolute Gasteiger partial charge is 0.444 e. The molecule has 1 amide bonds. The smallest absolute Gasteiger partial charge is 0.407 e. The van der Waals surface area contributed by atoms with E-state index in [0.29, 0.717) is 19.5 Å². The predicted molar refractivity (Wildman–Crippen MR) is 56.5 cm³/mol. The predicted octanol–water partition coefficient (Wildman–Crippen LogP) is 1.63. The maximum absolute atomic E-state index is 11.2.